The first-order chi connectivity index (χ1) is 9.68. The Morgan fingerprint density at radius 2 is 2.00 bits per heavy atom. The van der Waals surface area contributed by atoms with Crippen LogP contribution in [0.5, 0.6) is 0 Å². The number of alkyl carbamates (subject to hydrolysis) is 1. The van der Waals surface area contributed by atoms with E-state index < -0.39 is 35.0 Å². The van der Waals surface area contributed by atoms with Crippen LogP contribution in [0.3, 0.4) is 0 Å². The van der Waals surface area contributed by atoms with Gasteiger partial charge in [0, 0.05) is 0 Å². The summed E-state index contributed by atoms with van der Waals surface area (Å²) in [6.07, 6.45) is 2.51. The molecule has 0 spiro atoms. The highest BCUT2D eigenvalue weighted by Gasteiger charge is 2.42. The number of amides is 1. The third-order valence-corrected chi connectivity index (χ3v) is 3.99. The maximum Gasteiger partial charge on any atom is 0.408 e. The van der Waals surface area contributed by atoms with E-state index in [1.54, 1.807) is 27.0 Å². The summed E-state index contributed by atoms with van der Waals surface area (Å²) in [5, 5.41) is 5.30. The van der Waals surface area contributed by atoms with Crippen molar-refractivity contribution in [3.8, 4) is 0 Å². The van der Waals surface area contributed by atoms with Gasteiger partial charge in [-0.05, 0) is 46.4 Å². The zero-order valence-electron chi connectivity index (χ0n) is 12.8. The fourth-order valence-corrected chi connectivity index (χ4v) is 2.63. The van der Waals surface area contributed by atoms with Gasteiger partial charge in [0.15, 0.2) is 4.87 Å². The van der Waals surface area contributed by atoms with Crippen molar-refractivity contribution in [2.45, 2.75) is 44.1 Å². The monoisotopic (exact) mass is 318 g/mol. The number of rotatable bonds is 4. The van der Waals surface area contributed by atoms with Gasteiger partial charge >= 0.3 is 18.0 Å². The molecule has 7 nitrogen and oxygen atoms in total. The Labute approximate surface area is 128 Å². The summed E-state index contributed by atoms with van der Waals surface area (Å²) in [7, 11) is 0. The standard InChI is InChI=1S/C13H22N2O5S/c1-12(2,3)20-11(18)14-8-9(16)19-10(17)13(21-4)6-5-7-15-13/h15H,5-8H2,1-4H3,(H,14,18)/t13-/m1/s1. The lowest BCUT2D eigenvalue weighted by molar-refractivity contribution is -0.161. The summed E-state index contributed by atoms with van der Waals surface area (Å²) in [4.78, 5) is 34.1. The molecule has 0 saturated carbocycles. The van der Waals surface area contributed by atoms with Crippen molar-refractivity contribution in [3.63, 3.8) is 0 Å². The van der Waals surface area contributed by atoms with Gasteiger partial charge in [0.05, 0.1) is 0 Å². The summed E-state index contributed by atoms with van der Waals surface area (Å²) in [6, 6.07) is 0. The van der Waals surface area contributed by atoms with Crippen LogP contribution in [0.15, 0.2) is 0 Å². The third kappa shape index (κ3) is 5.55. The summed E-state index contributed by atoms with van der Waals surface area (Å²) in [5.41, 5.74) is -0.652. The lowest BCUT2D eigenvalue weighted by Crippen LogP contribution is -2.47. The Hall–Kier alpha value is -1.28. The molecular formula is C13H22N2O5S. The average Bonchev–Trinajstić information content (AvgIpc) is 2.84. The minimum atomic E-state index is -0.860. The van der Waals surface area contributed by atoms with Crippen molar-refractivity contribution in [2.24, 2.45) is 0 Å². The molecule has 1 saturated heterocycles. The number of nitrogens with one attached hydrogen (secondary N) is 2. The maximum atomic E-state index is 12.0. The molecular weight excluding hydrogens is 296 g/mol. The lowest BCUT2D eigenvalue weighted by Gasteiger charge is -2.24. The van der Waals surface area contributed by atoms with E-state index in [4.69, 9.17) is 9.47 Å². The van der Waals surface area contributed by atoms with E-state index in [0.29, 0.717) is 13.0 Å². The minimum absolute atomic E-state index is 0.412. The molecule has 2 N–H and O–H groups in total. The molecule has 0 aromatic carbocycles. The molecule has 1 heterocycles. The van der Waals surface area contributed by atoms with Crippen LogP contribution in [0.2, 0.25) is 0 Å². The zero-order chi connectivity index (χ0) is 16.1. The molecule has 0 radical (unpaired) electrons. The van der Waals surface area contributed by atoms with Gasteiger partial charge in [0.1, 0.15) is 12.1 Å². The molecule has 0 bridgehead atoms. The van der Waals surface area contributed by atoms with E-state index in [1.165, 1.54) is 11.8 Å². The van der Waals surface area contributed by atoms with Crippen molar-refractivity contribution in [3.05, 3.63) is 0 Å². The Bertz CT molecular complexity index is 413. The van der Waals surface area contributed by atoms with Crippen LogP contribution in [0.25, 0.3) is 0 Å². The number of hydrogen-bond acceptors (Lipinski definition) is 7. The van der Waals surface area contributed by atoms with E-state index in [1.807, 2.05) is 0 Å². The van der Waals surface area contributed by atoms with Crippen LogP contribution in [0.1, 0.15) is 33.6 Å². The molecule has 1 aliphatic heterocycles. The second-order valence-electron chi connectivity index (χ2n) is 5.68. The predicted octanol–water partition coefficient (Wildman–Crippen LogP) is 1.02. The quantitative estimate of drug-likeness (QED) is 0.590. The maximum absolute atomic E-state index is 12.0. The van der Waals surface area contributed by atoms with Crippen LogP contribution in [-0.4, -0.2) is 47.8 Å². The van der Waals surface area contributed by atoms with Crippen LogP contribution in [0, 0.1) is 0 Å². The van der Waals surface area contributed by atoms with Gasteiger partial charge in [0.25, 0.3) is 0 Å². The van der Waals surface area contributed by atoms with Crippen molar-refractivity contribution in [2.75, 3.05) is 19.3 Å². The third-order valence-electron chi connectivity index (χ3n) is 2.78. The second kappa shape index (κ2) is 7.13. The van der Waals surface area contributed by atoms with Crippen molar-refractivity contribution < 1.29 is 23.9 Å². The first kappa shape index (κ1) is 17.8. The van der Waals surface area contributed by atoms with Gasteiger partial charge in [-0.25, -0.2) is 14.4 Å². The SMILES string of the molecule is CS[C@@]1(C(=O)OC(=O)CNC(=O)OC(C)(C)C)CCCN1. The number of thioether (sulfide) groups is 1. The number of carbonyl (C=O) groups is 3. The molecule has 21 heavy (non-hydrogen) atoms. The van der Waals surface area contributed by atoms with E-state index in [-0.39, 0.29) is 0 Å². The van der Waals surface area contributed by atoms with Crippen molar-refractivity contribution in [1.82, 2.24) is 10.6 Å². The molecule has 1 fully saturated rings. The van der Waals surface area contributed by atoms with Crippen LogP contribution in [0.4, 0.5) is 4.79 Å². The molecule has 0 aromatic heterocycles. The molecule has 0 aliphatic carbocycles. The summed E-state index contributed by atoms with van der Waals surface area (Å²) in [6.45, 7) is 5.43. The largest absolute Gasteiger partial charge is 0.444 e. The number of ether oxygens (including phenoxy) is 2. The van der Waals surface area contributed by atoms with Crippen LogP contribution in [-0.2, 0) is 19.1 Å². The van der Waals surface area contributed by atoms with Crippen molar-refractivity contribution >= 4 is 29.8 Å². The van der Waals surface area contributed by atoms with E-state index in [0.717, 1.165) is 6.42 Å². The molecule has 0 unspecified atom stereocenters. The Kier molecular flexibility index (Phi) is 6.03. The van der Waals surface area contributed by atoms with Gasteiger partial charge in [-0.3, -0.25) is 5.32 Å². The smallest absolute Gasteiger partial charge is 0.408 e. The van der Waals surface area contributed by atoms with Crippen LogP contribution < -0.4 is 10.6 Å². The second-order valence-corrected chi connectivity index (χ2v) is 6.78. The average molecular weight is 318 g/mol. The van der Waals surface area contributed by atoms with Gasteiger partial charge < -0.3 is 14.8 Å². The summed E-state index contributed by atoms with van der Waals surface area (Å²) < 4.78 is 9.75. The molecule has 1 aliphatic rings. The molecule has 120 valence electrons. The fraction of sp³-hybridized carbons (Fsp3) is 0.769. The van der Waals surface area contributed by atoms with Gasteiger partial charge in [-0.2, -0.15) is 0 Å². The van der Waals surface area contributed by atoms with E-state index >= 15 is 0 Å². The number of esters is 2. The van der Waals surface area contributed by atoms with Crippen molar-refractivity contribution in [1.29, 1.82) is 0 Å². The Morgan fingerprint density at radius 3 is 2.48 bits per heavy atom. The summed E-state index contributed by atoms with van der Waals surface area (Å²) >= 11 is 1.31. The summed E-state index contributed by atoms with van der Waals surface area (Å²) in [5.74, 6) is -1.43. The Morgan fingerprint density at radius 1 is 1.33 bits per heavy atom. The predicted molar refractivity (Wildman–Crippen MR) is 78.8 cm³/mol. The number of carbonyl (C=O) groups excluding carboxylic acids is 3. The van der Waals surface area contributed by atoms with E-state index in [2.05, 4.69) is 10.6 Å². The van der Waals surface area contributed by atoms with Gasteiger partial charge in [-0.15, -0.1) is 11.8 Å². The first-order valence-corrected chi connectivity index (χ1v) is 7.93. The van der Waals surface area contributed by atoms with Gasteiger partial charge in [0.2, 0.25) is 0 Å². The highest BCUT2D eigenvalue weighted by molar-refractivity contribution is 8.00. The van der Waals surface area contributed by atoms with Gasteiger partial charge in [-0.1, -0.05) is 0 Å². The molecule has 1 atom stereocenters. The topological polar surface area (TPSA) is 93.7 Å². The molecule has 1 rings (SSSR count). The highest BCUT2D eigenvalue weighted by atomic mass is 32.2. The normalized spacial score (nSPS) is 21.7. The molecule has 8 heteroatoms. The number of hydrogen-bond donors (Lipinski definition) is 2. The Balaban J connectivity index is 2.40. The van der Waals surface area contributed by atoms with E-state index in [9.17, 15) is 14.4 Å². The zero-order valence-corrected chi connectivity index (χ0v) is 13.6. The fourth-order valence-electron chi connectivity index (χ4n) is 1.83. The first-order valence-electron chi connectivity index (χ1n) is 6.71. The molecule has 1 amide bonds. The highest BCUT2D eigenvalue weighted by Crippen LogP contribution is 2.30. The minimum Gasteiger partial charge on any atom is -0.444 e. The van der Waals surface area contributed by atoms with Crippen LogP contribution >= 0.6 is 11.8 Å². The lowest BCUT2D eigenvalue weighted by atomic mass is 10.2. The molecule has 0 aromatic rings.